The number of nitrogens with two attached hydrogens (primary N) is 1. The van der Waals surface area contributed by atoms with E-state index in [0.717, 1.165) is 5.56 Å². The highest BCUT2D eigenvalue weighted by molar-refractivity contribution is 7.89. The van der Waals surface area contributed by atoms with E-state index in [-0.39, 0.29) is 17.2 Å². The topological polar surface area (TPSA) is 92.5 Å². The Bertz CT molecular complexity index is 536. The van der Waals surface area contributed by atoms with Crippen molar-refractivity contribution in [3.8, 4) is 0 Å². The van der Waals surface area contributed by atoms with E-state index in [1.165, 1.54) is 4.31 Å². The van der Waals surface area contributed by atoms with Crippen LogP contribution in [0.4, 0.5) is 0 Å². The molecule has 0 spiro atoms. The Labute approximate surface area is 120 Å². The van der Waals surface area contributed by atoms with E-state index in [1.54, 1.807) is 38.1 Å². The highest BCUT2D eigenvalue weighted by atomic mass is 32.2. The molecular weight excluding hydrogens is 278 g/mol. The van der Waals surface area contributed by atoms with Crippen LogP contribution in [0.1, 0.15) is 25.8 Å². The summed E-state index contributed by atoms with van der Waals surface area (Å²) in [5.74, 6) is 4.75. The van der Waals surface area contributed by atoms with Crippen molar-refractivity contribution in [3.63, 3.8) is 0 Å². The summed E-state index contributed by atoms with van der Waals surface area (Å²) in [7, 11) is -3.42. The van der Waals surface area contributed by atoms with Crippen molar-refractivity contribution in [3.05, 3.63) is 29.8 Å². The molecule has 0 aromatic heterocycles. The third kappa shape index (κ3) is 4.03. The normalized spacial score (nSPS) is 11.6. The molecule has 20 heavy (non-hydrogen) atoms. The van der Waals surface area contributed by atoms with E-state index < -0.39 is 10.0 Å². The second-order valence-electron chi connectivity index (χ2n) is 4.30. The number of benzene rings is 1. The number of hydrogen-bond donors (Lipinski definition) is 2. The van der Waals surface area contributed by atoms with Gasteiger partial charge < -0.3 is 0 Å². The van der Waals surface area contributed by atoms with Crippen LogP contribution in [0.2, 0.25) is 0 Å². The van der Waals surface area contributed by atoms with Gasteiger partial charge in [-0.2, -0.15) is 4.31 Å². The molecule has 0 heterocycles. The molecule has 112 valence electrons. The minimum absolute atomic E-state index is 0.246. The van der Waals surface area contributed by atoms with Gasteiger partial charge in [0.2, 0.25) is 15.9 Å². The van der Waals surface area contributed by atoms with E-state index >= 15 is 0 Å². The van der Waals surface area contributed by atoms with E-state index in [4.69, 9.17) is 5.84 Å². The number of rotatable bonds is 7. The van der Waals surface area contributed by atoms with Crippen LogP contribution in [0.25, 0.3) is 0 Å². The van der Waals surface area contributed by atoms with Crippen LogP contribution in [0.3, 0.4) is 0 Å². The summed E-state index contributed by atoms with van der Waals surface area (Å²) in [5, 5.41) is 0. The lowest BCUT2D eigenvalue weighted by molar-refractivity contribution is -0.121. The van der Waals surface area contributed by atoms with Crippen molar-refractivity contribution < 1.29 is 13.2 Å². The molecule has 0 atom stereocenters. The fraction of sp³-hybridized carbons (Fsp3) is 0.462. The van der Waals surface area contributed by atoms with Crippen LogP contribution in [-0.2, 0) is 21.2 Å². The zero-order valence-electron chi connectivity index (χ0n) is 11.8. The van der Waals surface area contributed by atoms with Crippen LogP contribution in [0.5, 0.6) is 0 Å². The lowest BCUT2D eigenvalue weighted by atomic mass is 10.1. The van der Waals surface area contributed by atoms with Crippen molar-refractivity contribution in [2.45, 2.75) is 31.6 Å². The second kappa shape index (κ2) is 7.37. The van der Waals surface area contributed by atoms with Gasteiger partial charge in [0.1, 0.15) is 0 Å². The molecule has 0 aliphatic rings. The van der Waals surface area contributed by atoms with Crippen molar-refractivity contribution in [2.75, 3.05) is 13.1 Å². The van der Waals surface area contributed by atoms with E-state index in [2.05, 4.69) is 5.43 Å². The Hall–Kier alpha value is -1.44. The molecule has 0 saturated heterocycles. The van der Waals surface area contributed by atoms with Crippen LogP contribution in [-0.4, -0.2) is 31.7 Å². The maximum Gasteiger partial charge on any atom is 0.243 e. The van der Waals surface area contributed by atoms with Gasteiger partial charge in [0.05, 0.1) is 4.90 Å². The molecule has 1 aromatic rings. The Kier molecular flexibility index (Phi) is 6.12. The monoisotopic (exact) mass is 299 g/mol. The number of nitrogens with one attached hydrogen (secondary N) is 1. The first kappa shape index (κ1) is 16.6. The van der Waals surface area contributed by atoms with Gasteiger partial charge in [0.15, 0.2) is 0 Å². The maximum absolute atomic E-state index is 12.3. The number of carbonyl (C=O) groups excluding carboxylic acids is 1. The molecule has 0 aliphatic heterocycles. The van der Waals surface area contributed by atoms with Gasteiger partial charge in [0, 0.05) is 19.5 Å². The Balaban J connectivity index is 2.83. The number of carbonyl (C=O) groups is 1. The largest absolute Gasteiger partial charge is 0.294 e. The molecular formula is C13H21N3O3S. The van der Waals surface area contributed by atoms with Crippen LogP contribution < -0.4 is 11.3 Å². The van der Waals surface area contributed by atoms with Crippen LogP contribution in [0, 0.1) is 0 Å². The Morgan fingerprint density at radius 3 is 2.20 bits per heavy atom. The lowest BCUT2D eigenvalue weighted by Crippen LogP contribution is -2.30. The number of nitrogens with zero attached hydrogens (tertiary/aromatic N) is 1. The number of sulfonamides is 1. The van der Waals surface area contributed by atoms with Crippen LogP contribution >= 0.6 is 0 Å². The van der Waals surface area contributed by atoms with Gasteiger partial charge in [-0.1, -0.05) is 26.0 Å². The number of hydrogen-bond acceptors (Lipinski definition) is 4. The SMILES string of the molecule is CCN(CC)S(=O)(=O)c1ccc(CCC(=O)NN)cc1. The molecule has 0 unspecified atom stereocenters. The van der Waals surface area contributed by atoms with Gasteiger partial charge in [-0.15, -0.1) is 0 Å². The number of amides is 1. The third-order valence-corrected chi connectivity index (χ3v) is 5.13. The van der Waals surface area contributed by atoms with Gasteiger partial charge in [-0.3, -0.25) is 10.2 Å². The predicted molar refractivity (Wildman–Crippen MR) is 77.2 cm³/mol. The summed E-state index contributed by atoms with van der Waals surface area (Å²) >= 11 is 0. The molecule has 1 aromatic carbocycles. The first-order valence-corrected chi connectivity index (χ1v) is 7.98. The highest BCUT2D eigenvalue weighted by Gasteiger charge is 2.21. The Morgan fingerprint density at radius 2 is 1.75 bits per heavy atom. The van der Waals surface area contributed by atoms with Crippen molar-refractivity contribution in [1.82, 2.24) is 9.73 Å². The lowest BCUT2D eigenvalue weighted by Gasteiger charge is -2.18. The van der Waals surface area contributed by atoms with Crippen molar-refractivity contribution in [2.24, 2.45) is 5.84 Å². The average molecular weight is 299 g/mol. The van der Waals surface area contributed by atoms with Crippen LogP contribution in [0.15, 0.2) is 29.2 Å². The smallest absolute Gasteiger partial charge is 0.243 e. The van der Waals surface area contributed by atoms with Crippen molar-refractivity contribution >= 4 is 15.9 Å². The van der Waals surface area contributed by atoms with E-state index in [1.807, 2.05) is 0 Å². The van der Waals surface area contributed by atoms with Gasteiger partial charge in [-0.25, -0.2) is 14.3 Å². The summed E-state index contributed by atoms with van der Waals surface area (Å²) in [4.78, 5) is 11.3. The molecule has 1 amide bonds. The fourth-order valence-corrected chi connectivity index (χ4v) is 3.33. The second-order valence-corrected chi connectivity index (χ2v) is 6.24. The van der Waals surface area contributed by atoms with E-state index in [9.17, 15) is 13.2 Å². The molecule has 0 fully saturated rings. The van der Waals surface area contributed by atoms with Gasteiger partial charge in [0.25, 0.3) is 0 Å². The summed E-state index contributed by atoms with van der Waals surface area (Å²) < 4.78 is 25.9. The fourth-order valence-electron chi connectivity index (χ4n) is 1.87. The zero-order valence-corrected chi connectivity index (χ0v) is 12.6. The summed E-state index contributed by atoms with van der Waals surface area (Å²) in [5.41, 5.74) is 2.95. The highest BCUT2D eigenvalue weighted by Crippen LogP contribution is 2.16. The molecule has 0 bridgehead atoms. The summed E-state index contributed by atoms with van der Waals surface area (Å²) in [6.07, 6.45) is 0.799. The first-order chi connectivity index (χ1) is 9.45. The van der Waals surface area contributed by atoms with E-state index in [0.29, 0.717) is 19.5 Å². The first-order valence-electron chi connectivity index (χ1n) is 6.54. The molecule has 0 radical (unpaired) electrons. The molecule has 1 rings (SSSR count). The predicted octanol–water partition coefficient (Wildman–Crippen LogP) is 0.640. The Morgan fingerprint density at radius 1 is 1.20 bits per heavy atom. The minimum atomic E-state index is -3.42. The van der Waals surface area contributed by atoms with Crippen molar-refractivity contribution in [1.29, 1.82) is 0 Å². The number of hydrazine groups is 1. The molecule has 0 saturated carbocycles. The van der Waals surface area contributed by atoms with Gasteiger partial charge >= 0.3 is 0 Å². The average Bonchev–Trinajstić information content (AvgIpc) is 2.46. The zero-order chi connectivity index (χ0) is 15.2. The molecule has 6 nitrogen and oxygen atoms in total. The summed E-state index contributed by atoms with van der Waals surface area (Å²) in [6.45, 7) is 4.50. The molecule has 3 N–H and O–H groups in total. The standard InChI is InChI=1S/C13H21N3O3S/c1-3-16(4-2)20(18,19)12-8-5-11(6-9-12)7-10-13(17)15-14/h5-6,8-9H,3-4,7,10,14H2,1-2H3,(H,15,17). The number of aryl methyl sites for hydroxylation is 1. The van der Waals surface area contributed by atoms with Gasteiger partial charge in [-0.05, 0) is 24.1 Å². The maximum atomic E-state index is 12.3. The quantitative estimate of drug-likeness (QED) is 0.439. The molecule has 7 heteroatoms. The third-order valence-electron chi connectivity index (χ3n) is 3.07. The molecule has 0 aliphatic carbocycles. The summed E-state index contributed by atoms with van der Waals surface area (Å²) in [6, 6.07) is 6.59. The minimum Gasteiger partial charge on any atom is -0.294 e.